The molecule has 0 radical (unpaired) electrons. The van der Waals surface area contributed by atoms with E-state index in [4.69, 9.17) is 4.74 Å². The molecule has 0 aliphatic heterocycles. The highest BCUT2D eigenvalue weighted by molar-refractivity contribution is 5.69. The Balaban J connectivity index is 3.14. The molecule has 0 spiro atoms. The van der Waals surface area contributed by atoms with Gasteiger partial charge < -0.3 is 4.74 Å². The van der Waals surface area contributed by atoms with Crippen LogP contribution in [0.3, 0.4) is 0 Å². The van der Waals surface area contributed by atoms with E-state index in [1.165, 1.54) is 96.3 Å². The third kappa shape index (κ3) is 21.3. The van der Waals surface area contributed by atoms with Crippen molar-refractivity contribution < 1.29 is 9.53 Å². The normalized spacial score (nSPS) is 10.8. The second-order valence-electron chi connectivity index (χ2n) is 7.70. The smallest absolute Gasteiger partial charge is 0.305 e. The summed E-state index contributed by atoms with van der Waals surface area (Å²) in [5, 5.41) is 0. The molecule has 0 amide bonds. The van der Waals surface area contributed by atoms with E-state index in [-0.39, 0.29) is 5.97 Å². The number of carbonyl (C=O) groups is 1. The maximum atomic E-state index is 11.7. The number of esters is 1. The van der Waals surface area contributed by atoms with E-state index in [2.05, 4.69) is 13.5 Å². The Morgan fingerprint density at radius 1 is 0.692 bits per heavy atom. The molecule has 0 aliphatic carbocycles. The molecule has 0 rings (SSSR count). The van der Waals surface area contributed by atoms with Gasteiger partial charge in [-0.3, -0.25) is 4.79 Å². The van der Waals surface area contributed by atoms with Gasteiger partial charge in [-0.25, -0.2) is 0 Å². The second-order valence-corrected chi connectivity index (χ2v) is 7.70. The maximum Gasteiger partial charge on any atom is 0.305 e. The molecule has 0 unspecified atom stereocenters. The molecule has 0 aromatic rings. The second kappa shape index (κ2) is 22.3. The van der Waals surface area contributed by atoms with Crippen LogP contribution in [0.2, 0.25) is 0 Å². The Morgan fingerprint density at radius 3 is 1.69 bits per heavy atom. The zero-order valence-corrected chi connectivity index (χ0v) is 17.7. The maximum absolute atomic E-state index is 11.7. The van der Waals surface area contributed by atoms with Crippen LogP contribution < -0.4 is 0 Å². The lowest BCUT2D eigenvalue weighted by Crippen LogP contribution is -2.05. The fourth-order valence-corrected chi connectivity index (χ4v) is 3.29. The van der Waals surface area contributed by atoms with Crippen LogP contribution in [-0.2, 0) is 9.53 Å². The number of allylic oxidation sites excluding steroid dienone is 1. The third-order valence-electron chi connectivity index (χ3n) is 5.05. The van der Waals surface area contributed by atoms with Gasteiger partial charge in [0.15, 0.2) is 0 Å². The molecule has 0 heterocycles. The lowest BCUT2D eigenvalue weighted by Gasteiger charge is -2.05. The number of rotatable bonds is 21. The van der Waals surface area contributed by atoms with Crippen LogP contribution in [0.25, 0.3) is 0 Å². The molecule has 0 aromatic heterocycles. The number of hydrogen-bond donors (Lipinski definition) is 0. The average molecular weight is 367 g/mol. The van der Waals surface area contributed by atoms with Crippen LogP contribution in [0.1, 0.15) is 129 Å². The minimum atomic E-state index is 0.00640. The topological polar surface area (TPSA) is 26.3 Å². The molecule has 0 bridgehead atoms. The molecule has 0 fully saturated rings. The van der Waals surface area contributed by atoms with Gasteiger partial charge in [-0.05, 0) is 25.7 Å². The van der Waals surface area contributed by atoms with Gasteiger partial charge in [-0.2, -0.15) is 0 Å². The molecule has 0 atom stereocenters. The van der Waals surface area contributed by atoms with Crippen molar-refractivity contribution in [3.05, 3.63) is 12.7 Å². The van der Waals surface area contributed by atoms with Crippen LogP contribution in [-0.4, -0.2) is 12.6 Å². The van der Waals surface area contributed by atoms with E-state index in [0.29, 0.717) is 13.0 Å². The molecule has 0 aromatic carbocycles. The molecule has 0 aliphatic rings. The van der Waals surface area contributed by atoms with Crippen molar-refractivity contribution in [2.45, 2.75) is 129 Å². The average Bonchev–Trinajstić information content (AvgIpc) is 2.64. The quantitative estimate of drug-likeness (QED) is 0.116. The summed E-state index contributed by atoms with van der Waals surface area (Å²) in [6.45, 7) is 6.62. The van der Waals surface area contributed by atoms with Gasteiger partial charge >= 0.3 is 5.97 Å². The summed E-state index contributed by atoms with van der Waals surface area (Å²) in [6.07, 6.45) is 25.5. The predicted octanol–water partition coefficient (Wildman–Crippen LogP) is 8.15. The van der Waals surface area contributed by atoms with Gasteiger partial charge in [-0.15, -0.1) is 6.58 Å². The zero-order valence-electron chi connectivity index (χ0n) is 17.7. The molecule has 2 heteroatoms. The van der Waals surface area contributed by atoms with Crippen molar-refractivity contribution in [1.29, 1.82) is 0 Å². The van der Waals surface area contributed by atoms with Gasteiger partial charge in [0.25, 0.3) is 0 Å². The van der Waals surface area contributed by atoms with E-state index in [0.717, 1.165) is 19.3 Å². The summed E-state index contributed by atoms with van der Waals surface area (Å²) in [7, 11) is 0. The van der Waals surface area contributed by atoms with Crippen LogP contribution in [0.15, 0.2) is 12.7 Å². The summed E-state index contributed by atoms with van der Waals surface area (Å²) in [6, 6.07) is 0. The SMILES string of the molecule is C=CCCCCCCCCOC(=O)CCCCCCCCCCCCC. The summed E-state index contributed by atoms with van der Waals surface area (Å²) >= 11 is 0. The van der Waals surface area contributed by atoms with Gasteiger partial charge in [0.1, 0.15) is 0 Å². The first kappa shape index (κ1) is 25.2. The fourth-order valence-electron chi connectivity index (χ4n) is 3.29. The Morgan fingerprint density at radius 2 is 1.15 bits per heavy atom. The first-order valence-electron chi connectivity index (χ1n) is 11.6. The van der Waals surface area contributed by atoms with Crippen LogP contribution >= 0.6 is 0 Å². The number of hydrogen-bond acceptors (Lipinski definition) is 2. The van der Waals surface area contributed by atoms with E-state index in [1.54, 1.807) is 0 Å². The minimum absolute atomic E-state index is 0.00640. The molecule has 154 valence electrons. The predicted molar refractivity (Wildman–Crippen MR) is 115 cm³/mol. The summed E-state index contributed by atoms with van der Waals surface area (Å²) in [4.78, 5) is 11.7. The lowest BCUT2D eigenvalue weighted by atomic mass is 10.1. The van der Waals surface area contributed by atoms with Crippen molar-refractivity contribution in [2.75, 3.05) is 6.61 Å². The van der Waals surface area contributed by atoms with E-state index < -0.39 is 0 Å². The zero-order chi connectivity index (χ0) is 19.1. The van der Waals surface area contributed by atoms with Gasteiger partial charge in [0.2, 0.25) is 0 Å². The van der Waals surface area contributed by atoms with E-state index in [9.17, 15) is 4.79 Å². The summed E-state index contributed by atoms with van der Waals surface area (Å²) in [5.41, 5.74) is 0. The van der Waals surface area contributed by atoms with Crippen molar-refractivity contribution in [2.24, 2.45) is 0 Å². The first-order valence-corrected chi connectivity index (χ1v) is 11.6. The molecule has 26 heavy (non-hydrogen) atoms. The molecule has 0 saturated heterocycles. The summed E-state index contributed by atoms with van der Waals surface area (Å²) in [5.74, 6) is 0.00640. The highest BCUT2D eigenvalue weighted by Crippen LogP contribution is 2.12. The van der Waals surface area contributed by atoms with E-state index in [1.807, 2.05) is 6.08 Å². The Bertz CT molecular complexity index is 299. The Hall–Kier alpha value is -0.790. The summed E-state index contributed by atoms with van der Waals surface area (Å²) < 4.78 is 5.33. The van der Waals surface area contributed by atoms with Gasteiger partial charge in [0.05, 0.1) is 6.61 Å². The highest BCUT2D eigenvalue weighted by atomic mass is 16.5. The van der Waals surface area contributed by atoms with E-state index >= 15 is 0 Å². The minimum Gasteiger partial charge on any atom is -0.466 e. The highest BCUT2D eigenvalue weighted by Gasteiger charge is 2.02. The Labute approximate surface area is 164 Å². The van der Waals surface area contributed by atoms with Gasteiger partial charge in [-0.1, -0.05) is 103 Å². The fraction of sp³-hybridized carbons (Fsp3) is 0.875. The van der Waals surface area contributed by atoms with Crippen molar-refractivity contribution in [3.63, 3.8) is 0 Å². The first-order chi connectivity index (χ1) is 12.8. The van der Waals surface area contributed by atoms with Crippen molar-refractivity contribution >= 4 is 5.97 Å². The van der Waals surface area contributed by atoms with Gasteiger partial charge in [0, 0.05) is 6.42 Å². The van der Waals surface area contributed by atoms with Crippen molar-refractivity contribution in [1.82, 2.24) is 0 Å². The third-order valence-corrected chi connectivity index (χ3v) is 5.05. The molecule has 0 N–H and O–H groups in total. The molecule has 2 nitrogen and oxygen atoms in total. The molecule has 0 saturated carbocycles. The largest absolute Gasteiger partial charge is 0.466 e. The van der Waals surface area contributed by atoms with Crippen LogP contribution in [0.5, 0.6) is 0 Å². The molecular weight excluding hydrogens is 320 g/mol. The van der Waals surface area contributed by atoms with Crippen molar-refractivity contribution in [3.8, 4) is 0 Å². The van der Waals surface area contributed by atoms with Crippen LogP contribution in [0.4, 0.5) is 0 Å². The van der Waals surface area contributed by atoms with Crippen LogP contribution in [0, 0.1) is 0 Å². The monoisotopic (exact) mass is 366 g/mol. The lowest BCUT2D eigenvalue weighted by molar-refractivity contribution is -0.143. The Kier molecular flexibility index (Phi) is 21.6. The number of carbonyl (C=O) groups excluding carboxylic acids is 1. The molecular formula is C24H46O2. The standard InChI is InChI=1S/C24H46O2/c1-3-5-7-9-11-13-14-15-16-18-20-22-24(25)26-23-21-19-17-12-10-8-6-4-2/h4H,2-3,5-23H2,1H3. The number of unbranched alkanes of at least 4 members (excludes halogenated alkanes) is 16. The number of ether oxygens (including phenoxy) is 1.